The highest BCUT2D eigenvalue weighted by Crippen LogP contribution is 2.21. The fraction of sp³-hybridized carbons (Fsp3) is 0.333. The standard InChI is InChI=1S/C9H8F2N2O/c1-5-2-7(9(10)11)13-8(3-12)6(5)4-14/h2,9,14H,4H2,1H3. The summed E-state index contributed by atoms with van der Waals surface area (Å²) in [6, 6.07) is 2.86. The van der Waals surface area contributed by atoms with Crippen LogP contribution in [0.1, 0.15) is 28.9 Å². The fourth-order valence-corrected chi connectivity index (χ4v) is 1.13. The Balaban J connectivity index is 3.33. The Kier molecular flexibility index (Phi) is 3.10. The molecule has 0 aliphatic carbocycles. The summed E-state index contributed by atoms with van der Waals surface area (Å²) in [5.41, 5.74) is 0.185. The maximum atomic E-state index is 12.3. The monoisotopic (exact) mass is 198 g/mol. The van der Waals surface area contributed by atoms with Gasteiger partial charge in [-0.05, 0) is 18.6 Å². The van der Waals surface area contributed by atoms with Crippen LogP contribution in [0.5, 0.6) is 0 Å². The van der Waals surface area contributed by atoms with Crippen molar-refractivity contribution >= 4 is 0 Å². The number of aryl methyl sites for hydroxylation is 1. The van der Waals surface area contributed by atoms with Gasteiger partial charge in [-0.25, -0.2) is 13.8 Å². The van der Waals surface area contributed by atoms with Crippen molar-refractivity contribution in [2.24, 2.45) is 0 Å². The zero-order valence-electron chi connectivity index (χ0n) is 7.46. The number of nitriles is 1. The number of aromatic nitrogens is 1. The molecule has 0 amide bonds. The van der Waals surface area contributed by atoms with Gasteiger partial charge >= 0.3 is 0 Å². The molecule has 0 spiro atoms. The third-order valence-corrected chi connectivity index (χ3v) is 1.85. The topological polar surface area (TPSA) is 56.9 Å². The van der Waals surface area contributed by atoms with Gasteiger partial charge in [-0.15, -0.1) is 0 Å². The van der Waals surface area contributed by atoms with Gasteiger partial charge < -0.3 is 5.11 Å². The first kappa shape index (κ1) is 10.5. The van der Waals surface area contributed by atoms with E-state index < -0.39 is 12.1 Å². The van der Waals surface area contributed by atoms with Gasteiger partial charge in [0.15, 0.2) is 0 Å². The van der Waals surface area contributed by atoms with Crippen molar-refractivity contribution in [1.82, 2.24) is 4.98 Å². The first-order valence-electron chi connectivity index (χ1n) is 3.89. The fourth-order valence-electron chi connectivity index (χ4n) is 1.13. The molecule has 0 saturated heterocycles. The summed E-state index contributed by atoms with van der Waals surface area (Å²) < 4.78 is 24.5. The molecule has 0 aliphatic heterocycles. The van der Waals surface area contributed by atoms with E-state index in [4.69, 9.17) is 10.4 Å². The Morgan fingerprint density at radius 3 is 2.71 bits per heavy atom. The molecule has 0 aromatic carbocycles. The van der Waals surface area contributed by atoms with Gasteiger partial charge in [0, 0.05) is 5.56 Å². The van der Waals surface area contributed by atoms with E-state index in [0.717, 1.165) is 0 Å². The lowest BCUT2D eigenvalue weighted by atomic mass is 10.1. The van der Waals surface area contributed by atoms with Crippen LogP contribution in [0, 0.1) is 18.3 Å². The van der Waals surface area contributed by atoms with Gasteiger partial charge in [0.05, 0.1) is 6.61 Å². The average molecular weight is 198 g/mol. The predicted octanol–water partition coefficient (Wildman–Crippen LogP) is 1.69. The van der Waals surface area contributed by atoms with Crippen LogP contribution in [0.4, 0.5) is 8.78 Å². The zero-order valence-corrected chi connectivity index (χ0v) is 7.46. The second-order valence-electron chi connectivity index (χ2n) is 2.76. The molecule has 1 aromatic rings. The third kappa shape index (κ3) is 1.86. The molecule has 0 aliphatic rings. The van der Waals surface area contributed by atoms with Gasteiger partial charge in [-0.2, -0.15) is 5.26 Å². The molecule has 0 fully saturated rings. The Bertz CT molecular complexity index is 385. The average Bonchev–Trinajstić information content (AvgIpc) is 2.16. The van der Waals surface area contributed by atoms with Crippen molar-refractivity contribution in [1.29, 1.82) is 5.26 Å². The van der Waals surface area contributed by atoms with E-state index >= 15 is 0 Å². The van der Waals surface area contributed by atoms with E-state index in [1.54, 1.807) is 13.0 Å². The van der Waals surface area contributed by atoms with Crippen molar-refractivity contribution in [3.8, 4) is 6.07 Å². The molecule has 0 bridgehead atoms. The Labute approximate surface area is 79.6 Å². The number of aliphatic hydroxyl groups is 1. The minimum atomic E-state index is -2.70. The SMILES string of the molecule is Cc1cc(C(F)F)nc(C#N)c1CO. The number of rotatable bonds is 2. The Morgan fingerprint density at radius 1 is 1.64 bits per heavy atom. The second-order valence-corrected chi connectivity index (χ2v) is 2.76. The zero-order chi connectivity index (χ0) is 10.7. The maximum absolute atomic E-state index is 12.3. The number of hydrogen-bond acceptors (Lipinski definition) is 3. The van der Waals surface area contributed by atoms with E-state index in [0.29, 0.717) is 11.1 Å². The number of pyridine rings is 1. The summed E-state index contributed by atoms with van der Waals surface area (Å²) in [6.07, 6.45) is -2.70. The number of hydrogen-bond donors (Lipinski definition) is 1. The lowest BCUT2D eigenvalue weighted by Crippen LogP contribution is -2.02. The molecule has 1 rings (SSSR count). The summed E-state index contributed by atoms with van der Waals surface area (Å²) in [7, 11) is 0. The number of halogens is 2. The van der Waals surface area contributed by atoms with Crippen molar-refractivity contribution in [3.63, 3.8) is 0 Å². The van der Waals surface area contributed by atoms with E-state index in [1.165, 1.54) is 6.07 Å². The third-order valence-electron chi connectivity index (χ3n) is 1.85. The van der Waals surface area contributed by atoms with Crippen molar-refractivity contribution in [2.75, 3.05) is 0 Å². The van der Waals surface area contributed by atoms with Crippen LogP contribution in [-0.4, -0.2) is 10.1 Å². The molecular formula is C9H8F2N2O. The second kappa shape index (κ2) is 4.11. The van der Waals surface area contributed by atoms with Gasteiger partial charge in [0.2, 0.25) is 0 Å². The van der Waals surface area contributed by atoms with Crippen LogP contribution in [0.3, 0.4) is 0 Å². The highest BCUT2D eigenvalue weighted by atomic mass is 19.3. The predicted molar refractivity (Wildman–Crippen MR) is 44.6 cm³/mol. The highest BCUT2D eigenvalue weighted by molar-refractivity contribution is 5.38. The van der Waals surface area contributed by atoms with Crippen molar-refractivity contribution < 1.29 is 13.9 Å². The van der Waals surface area contributed by atoms with Gasteiger partial charge in [0.25, 0.3) is 6.43 Å². The molecule has 0 radical (unpaired) electrons. The van der Waals surface area contributed by atoms with Gasteiger partial charge in [-0.1, -0.05) is 0 Å². The van der Waals surface area contributed by atoms with Crippen LogP contribution in [0.15, 0.2) is 6.07 Å². The molecule has 1 heterocycles. The molecule has 3 nitrogen and oxygen atoms in total. The van der Waals surface area contributed by atoms with Crippen LogP contribution >= 0.6 is 0 Å². The smallest absolute Gasteiger partial charge is 0.280 e. The number of nitrogens with zero attached hydrogens (tertiary/aromatic N) is 2. The first-order chi connectivity index (χ1) is 6.60. The summed E-state index contributed by atoms with van der Waals surface area (Å²) >= 11 is 0. The quantitative estimate of drug-likeness (QED) is 0.786. The Morgan fingerprint density at radius 2 is 2.29 bits per heavy atom. The number of aliphatic hydroxyl groups excluding tert-OH is 1. The van der Waals surface area contributed by atoms with Crippen molar-refractivity contribution in [2.45, 2.75) is 20.0 Å². The molecular weight excluding hydrogens is 190 g/mol. The summed E-state index contributed by atoms with van der Waals surface area (Å²) in [5.74, 6) is 0. The molecule has 0 saturated carbocycles. The normalized spacial score (nSPS) is 10.3. The Hall–Kier alpha value is -1.54. The first-order valence-corrected chi connectivity index (χ1v) is 3.89. The maximum Gasteiger partial charge on any atom is 0.280 e. The van der Waals surface area contributed by atoms with E-state index in [1.807, 2.05) is 0 Å². The largest absolute Gasteiger partial charge is 0.392 e. The molecule has 5 heteroatoms. The van der Waals surface area contributed by atoms with E-state index in [-0.39, 0.29) is 12.3 Å². The van der Waals surface area contributed by atoms with Crippen LogP contribution in [0.2, 0.25) is 0 Å². The lowest BCUT2D eigenvalue weighted by Gasteiger charge is -2.06. The number of alkyl halides is 2. The van der Waals surface area contributed by atoms with E-state index in [2.05, 4.69) is 4.98 Å². The molecule has 74 valence electrons. The minimum absolute atomic E-state index is 0.136. The van der Waals surface area contributed by atoms with Gasteiger partial charge in [-0.3, -0.25) is 0 Å². The van der Waals surface area contributed by atoms with Crippen LogP contribution in [-0.2, 0) is 6.61 Å². The summed E-state index contributed by atoms with van der Waals surface area (Å²) in [5, 5.41) is 17.5. The summed E-state index contributed by atoms with van der Waals surface area (Å²) in [4.78, 5) is 3.45. The van der Waals surface area contributed by atoms with Crippen LogP contribution < -0.4 is 0 Å². The lowest BCUT2D eigenvalue weighted by molar-refractivity contribution is 0.145. The van der Waals surface area contributed by atoms with Gasteiger partial charge in [0.1, 0.15) is 17.5 Å². The molecule has 14 heavy (non-hydrogen) atoms. The molecule has 0 unspecified atom stereocenters. The van der Waals surface area contributed by atoms with Crippen molar-refractivity contribution in [3.05, 3.63) is 28.6 Å². The molecule has 1 aromatic heterocycles. The minimum Gasteiger partial charge on any atom is -0.392 e. The highest BCUT2D eigenvalue weighted by Gasteiger charge is 2.14. The molecule has 0 atom stereocenters. The van der Waals surface area contributed by atoms with Crippen LogP contribution in [0.25, 0.3) is 0 Å². The summed E-state index contributed by atoms with van der Waals surface area (Å²) in [6.45, 7) is 1.19. The molecule has 1 N–H and O–H groups in total. The van der Waals surface area contributed by atoms with E-state index in [9.17, 15) is 8.78 Å².